The van der Waals surface area contributed by atoms with Crippen LogP contribution in [0.2, 0.25) is 0 Å². The van der Waals surface area contributed by atoms with Crippen molar-refractivity contribution in [2.75, 3.05) is 7.11 Å². The minimum absolute atomic E-state index is 0.0490. The van der Waals surface area contributed by atoms with Crippen LogP contribution in [0, 0.1) is 0 Å². The third-order valence-electron chi connectivity index (χ3n) is 2.30. The van der Waals surface area contributed by atoms with Crippen LogP contribution in [-0.4, -0.2) is 21.5 Å². The van der Waals surface area contributed by atoms with Crippen molar-refractivity contribution in [3.63, 3.8) is 0 Å². The molecule has 6 heteroatoms. The number of nitrogens with two attached hydrogens (primary N) is 1. The molecule has 0 fully saturated rings. The largest absolute Gasteiger partial charge is 0.465 e. The van der Waals surface area contributed by atoms with Crippen molar-refractivity contribution < 1.29 is 17.9 Å². The van der Waals surface area contributed by atoms with E-state index in [0.717, 1.165) is 5.41 Å². The van der Waals surface area contributed by atoms with Gasteiger partial charge in [0.15, 0.2) is 0 Å². The maximum atomic E-state index is 11.6. The summed E-state index contributed by atoms with van der Waals surface area (Å²) < 4.78 is 27.7. The lowest BCUT2D eigenvalue weighted by molar-refractivity contribution is 0.0600. The molecule has 0 spiro atoms. The Bertz CT molecular complexity index is 601. The fourth-order valence-electron chi connectivity index (χ4n) is 1.54. The van der Waals surface area contributed by atoms with Crippen molar-refractivity contribution in [1.29, 1.82) is 0 Å². The lowest BCUT2D eigenvalue weighted by Crippen LogP contribution is -2.04. The summed E-state index contributed by atoms with van der Waals surface area (Å²) in [6.07, 6.45) is 0. The normalized spacial score (nSPS) is 16.4. The summed E-state index contributed by atoms with van der Waals surface area (Å²) in [5.41, 5.74) is 6.34. The molecule has 0 bridgehead atoms. The molecule has 2 N–H and O–H groups in total. The molecule has 1 aliphatic rings. The lowest BCUT2D eigenvalue weighted by atomic mass is 10.1. The Balaban J connectivity index is 2.63. The first kappa shape index (κ1) is 10.7. The molecule has 0 radical (unpaired) electrons. The third-order valence-corrected chi connectivity index (χ3v) is 3.82. The summed E-state index contributed by atoms with van der Waals surface area (Å²) in [6.45, 7) is 0. The number of sulfone groups is 1. The van der Waals surface area contributed by atoms with Crippen molar-refractivity contribution in [2.24, 2.45) is 5.73 Å². The van der Waals surface area contributed by atoms with E-state index in [0.29, 0.717) is 5.56 Å². The second kappa shape index (κ2) is 3.34. The van der Waals surface area contributed by atoms with Crippen LogP contribution in [0.1, 0.15) is 15.9 Å². The maximum Gasteiger partial charge on any atom is 0.337 e. The Morgan fingerprint density at radius 1 is 1.38 bits per heavy atom. The van der Waals surface area contributed by atoms with Gasteiger partial charge in [0, 0.05) is 5.56 Å². The highest BCUT2D eigenvalue weighted by Crippen LogP contribution is 2.31. The molecule has 5 nitrogen and oxygen atoms in total. The molecule has 0 saturated carbocycles. The van der Waals surface area contributed by atoms with Gasteiger partial charge >= 0.3 is 5.97 Å². The number of fused-ring (bicyclic) bond motifs is 1. The summed E-state index contributed by atoms with van der Waals surface area (Å²) in [5, 5.41) is 0.985. The Labute approximate surface area is 92.4 Å². The highest BCUT2D eigenvalue weighted by Gasteiger charge is 2.26. The molecular formula is C10H9NO4S. The molecule has 0 amide bonds. The van der Waals surface area contributed by atoms with E-state index < -0.39 is 15.8 Å². The van der Waals surface area contributed by atoms with Crippen molar-refractivity contribution in [2.45, 2.75) is 4.90 Å². The highest BCUT2D eigenvalue weighted by atomic mass is 32.2. The Hall–Kier alpha value is -1.82. The van der Waals surface area contributed by atoms with Gasteiger partial charge in [-0.2, -0.15) is 0 Å². The van der Waals surface area contributed by atoms with E-state index in [9.17, 15) is 13.2 Å². The smallest absolute Gasteiger partial charge is 0.337 e. The van der Waals surface area contributed by atoms with Gasteiger partial charge in [-0.05, 0) is 12.1 Å². The van der Waals surface area contributed by atoms with E-state index in [1.165, 1.54) is 25.3 Å². The topological polar surface area (TPSA) is 86.5 Å². The zero-order chi connectivity index (χ0) is 11.9. The van der Waals surface area contributed by atoms with Crippen LogP contribution >= 0.6 is 0 Å². The van der Waals surface area contributed by atoms with E-state index in [2.05, 4.69) is 4.74 Å². The third kappa shape index (κ3) is 1.47. The molecule has 0 saturated heterocycles. The van der Waals surface area contributed by atoms with Crippen LogP contribution in [0.25, 0.3) is 5.70 Å². The first-order valence-electron chi connectivity index (χ1n) is 4.41. The van der Waals surface area contributed by atoms with Gasteiger partial charge in [0.2, 0.25) is 9.84 Å². The van der Waals surface area contributed by atoms with Gasteiger partial charge in [-0.15, -0.1) is 0 Å². The van der Waals surface area contributed by atoms with Crippen molar-refractivity contribution in [1.82, 2.24) is 0 Å². The van der Waals surface area contributed by atoms with Crippen molar-refractivity contribution >= 4 is 21.5 Å². The van der Waals surface area contributed by atoms with Gasteiger partial charge in [0.05, 0.1) is 28.7 Å². The fraction of sp³-hybridized carbons (Fsp3) is 0.100. The zero-order valence-electron chi connectivity index (χ0n) is 8.43. The first-order chi connectivity index (χ1) is 7.45. The Morgan fingerprint density at radius 2 is 2.06 bits per heavy atom. The number of methoxy groups -OCH3 is 1. The van der Waals surface area contributed by atoms with Crippen LogP contribution in [0.15, 0.2) is 28.5 Å². The molecular weight excluding hydrogens is 230 g/mol. The number of ether oxygens (including phenoxy) is 1. The van der Waals surface area contributed by atoms with Crippen molar-refractivity contribution in [3.8, 4) is 0 Å². The van der Waals surface area contributed by atoms with Gasteiger partial charge in [0.1, 0.15) is 0 Å². The summed E-state index contributed by atoms with van der Waals surface area (Å²) in [7, 11) is -2.28. The number of rotatable bonds is 1. The Kier molecular flexibility index (Phi) is 2.23. The predicted molar refractivity (Wildman–Crippen MR) is 57.1 cm³/mol. The first-order valence-corrected chi connectivity index (χ1v) is 5.95. The quantitative estimate of drug-likeness (QED) is 0.722. The minimum atomic E-state index is -3.51. The number of carbonyl (C=O) groups excluding carboxylic acids is 1. The number of hydrogen-bond acceptors (Lipinski definition) is 5. The monoisotopic (exact) mass is 239 g/mol. The zero-order valence-corrected chi connectivity index (χ0v) is 9.24. The van der Waals surface area contributed by atoms with Gasteiger partial charge in [0.25, 0.3) is 0 Å². The molecule has 0 atom stereocenters. The number of benzene rings is 1. The highest BCUT2D eigenvalue weighted by molar-refractivity contribution is 7.95. The Morgan fingerprint density at radius 3 is 2.69 bits per heavy atom. The molecule has 1 heterocycles. The van der Waals surface area contributed by atoms with Gasteiger partial charge in [-0.3, -0.25) is 0 Å². The van der Waals surface area contributed by atoms with E-state index in [-0.39, 0.29) is 16.2 Å². The number of esters is 1. The second-order valence-corrected chi connectivity index (χ2v) is 5.09. The summed E-state index contributed by atoms with van der Waals surface area (Å²) in [6, 6.07) is 4.25. The van der Waals surface area contributed by atoms with Crippen LogP contribution < -0.4 is 5.73 Å². The lowest BCUT2D eigenvalue weighted by Gasteiger charge is -2.03. The van der Waals surface area contributed by atoms with Gasteiger partial charge in [-0.25, -0.2) is 13.2 Å². The van der Waals surface area contributed by atoms with Gasteiger partial charge in [-0.1, -0.05) is 6.07 Å². The molecule has 0 aromatic heterocycles. The summed E-state index contributed by atoms with van der Waals surface area (Å²) >= 11 is 0. The average molecular weight is 239 g/mol. The average Bonchev–Trinajstić information content (AvgIpc) is 2.48. The molecule has 1 aliphatic heterocycles. The molecule has 1 aromatic carbocycles. The predicted octanol–water partition coefficient (Wildman–Crippen LogP) is 0.518. The number of hydrogen-bond donors (Lipinski definition) is 1. The van der Waals surface area contributed by atoms with Crippen LogP contribution in [0.5, 0.6) is 0 Å². The SMILES string of the molecule is COC(=O)c1ccc2c(c1)S(=O)(=O)C=C2N. The van der Waals surface area contributed by atoms with E-state index in [1.54, 1.807) is 0 Å². The molecule has 2 rings (SSSR count). The van der Waals surface area contributed by atoms with Crippen molar-refractivity contribution in [3.05, 3.63) is 34.7 Å². The van der Waals surface area contributed by atoms with Crippen LogP contribution in [-0.2, 0) is 14.6 Å². The molecule has 0 unspecified atom stereocenters. The van der Waals surface area contributed by atoms with E-state index in [4.69, 9.17) is 5.73 Å². The fourth-order valence-corrected chi connectivity index (χ4v) is 2.91. The summed E-state index contributed by atoms with van der Waals surface area (Å²) in [5.74, 6) is -0.580. The molecule has 0 aliphatic carbocycles. The van der Waals surface area contributed by atoms with E-state index >= 15 is 0 Å². The van der Waals surface area contributed by atoms with Crippen LogP contribution in [0.3, 0.4) is 0 Å². The van der Waals surface area contributed by atoms with Crippen LogP contribution in [0.4, 0.5) is 0 Å². The van der Waals surface area contributed by atoms with E-state index in [1.807, 2.05) is 0 Å². The maximum absolute atomic E-state index is 11.6. The molecule has 84 valence electrons. The van der Waals surface area contributed by atoms with Gasteiger partial charge < -0.3 is 10.5 Å². The second-order valence-electron chi connectivity index (χ2n) is 3.32. The minimum Gasteiger partial charge on any atom is -0.465 e. The summed E-state index contributed by atoms with van der Waals surface area (Å²) in [4.78, 5) is 11.3. The molecule has 16 heavy (non-hydrogen) atoms. The molecule has 1 aromatic rings. The standard InChI is InChI=1S/C10H9NO4S/c1-15-10(12)6-2-3-7-8(11)5-16(13,14)9(7)4-6/h2-5H,11H2,1H3. The number of carbonyl (C=O) groups is 1.